The van der Waals surface area contributed by atoms with Crippen molar-refractivity contribution in [1.82, 2.24) is 0 Å². The Morgan fingerprint density at radius 2 is 2.09 bits per heavy atom. The molecule has 0 amide bonds. The molecule has 2 rings (SSSR count). The summed E-state index contributed by atoms with van der Waals surface area (Å²) in [7, 11) is 1.60. The highest BCUT2D eigenvalue weighted by Gasteiger charge is 2.13. The maximum Gasteiger partial charge on any atom is 0.180 e. The zero-order valence-electron chi connectivity index (χ0n) is 13.3. The molecule has 5 heteroatoms. The van der Waals surface area contributed by atoms with Crippen molar-refractivity contribution in [2.45, 2.75) is 26.4 Å². The maximum absolute atomic E-state index is 6.35. The van der Waals surface area contributed by atoms with Gasteiger partial charge in [-0.3, -0.25) is 4.99 Å². The molecule has 122 valence electrons. The Kier molecular flexibility index (Phi) is 6.48. The van der Waals surface area contributed by atoms with Gasteiger partial charge in [0.25, 0.3) is 0 Å². The first-order valence-corrected chi connectivity index (χ1v) is 8.54. The second kappa shape index (κ2) is 8.37. The first-order valence-electron chi connectivity index (χ1n) is 7.37. The fourth-order valence-corrected chi connectivity index (χ4v) is 2.57. The van der Waals surface area contributed by atoms with Gasteiger partial charge >= 0.3 is 0 Å². The lowest BCUT2D eigenvalue weighted by Gasteiger charge is -2.17. The Balaban J connectivity index is 2.28. The van der Waals surface area contributed by atoms with Crippen molar-refractivity contribution in [2.24, 2.45) is 4.99 Å². The average molecular weight is 397 g/mol. The van der Waals surface area contributed by atoms with Crippen LogP contribution in [0.5, 0.6) is 11.5 Å². The Morgan fingerprint density at radius 1 is 1.30 bits per heavy atom. The summed E-state index contributed by atoms with van der Waals surface area (Å²) in [4.78, 5) is 4.45. The Hall–Kier alpha value is -1.52. The molecule has 0 aliphatic carbocycles. The summed E-state index contributed by atoms with van der Waals surface area (Å²) in [6.45, 7) is 4.06. The second-order valence-electron chi connectivity index (χ2n) is 5.11. The average Bonchev–Trinajstić information content (AvgIpc) is 2.54. The highest BCUT2D eigenvalue weighted by atomic mass is 79.9. The minimum absolute atomic E-state index is 0.0718. The van der Waals surface area contributed by atoms with Gasteiger partial charge in [0, 0.05) is 10.7 Å². The van der Waals surface area contributed by atoms with Gasteiger partial charge in [-0.2, -0.15) is 0 Å². The zero-order valence-corrected chi connectivity index (χ0v) is 15.7. The van der Waals surface area contributed by atoms with Crippen LogP contribution >= 0.6 is 27.5 Å². The summed E-state index contributed by atoms with van der Waals surface area (Å²) in [5.41, 5.74) is 1.71. The molecule has 0 radical (unpaired) electrons. The second-order valence-corrected chi connectivity index (χ2v) is 6.43. The molecule has 0 N–H and O–H groups in total. The summed E-state index contributed by atoms with van der Waals surface area (Å²) < 4.78 is 12.2. The van der Waals surface area contributed by atoms with Crippen LogP contribution in [0.4, 0.5) is 5.69 Å². The normalized spacial score (nSPS) is 12.4. The van der Waals surface area contributed by atoms with Crippen molar-refractivity contribution in [3.05, 3.63) is 51.5 Å². The molecule has 0 unspecified atom stereocenters. The molecule has 2 aromatic rings. The molecular weight excluding hydrogens is 378 g/mol. The van der Waals surface area contributed by atoms with E-state index in [1.54, 1.807) is 13.3 Å². The lowest BCUT2D eigenvalue weighted by Crippen LogP contribution is -2.11. The van der Waals surface area contributed by atoms with E-state index in [1.807, 2.05) is 43.3 Å². The van der Waals surface area contributed by atoms with E-state index >= 15 is 0 Å². The fraction of sp³-hybridized carbons (Fsp3) is 0.278. The molecule has 0 bridgehead atoms. The van der Waals surface area contributed by atoms with E-state index in [-0.39, 0.29) is 6.10 Å². The number of halogens is 2. The third-order valence-corrected chi connectivity index (χ3v) is 4.09. The fourth-order valence-electron chi connectivity index (χ4n) is 1.92. The van der Waals surface area contributed by atoms with E-state index in [0.717, 1.165) is 22.1 Å². The smallest absolute Gasteiger partial charge is 0.180 e. The van der Waals surface area contributed by atoms with Gasteiger partial charge < -0.3 is 9.47 Å². The molecule has 2 aromatic carbocycles. The van der Waals surface area contributed by atoms with Gasteiger partial charge in [-0.15, -0.1) is 0 Å². The number of rotatable bonds is 6. The monoisotopic (exact) mass is 395 g/mol. The van der Waals surface area contributed by atoms with E-state index in [4.69, 9.17) is 21.1 Å². The number of hydrogen-bond acceptors (Lipinski definition) is 3. The summed E-state index contributed by atoms with van der Waals surface area (Å²) in [5, 5.41) is 0.514. The van der Waals surface area contributed by atoms with Gasteiger partial charge in [-0.25, -0.2) is 0 Å². The van der Waals surface area contributed by atoms with Crippen LogP contribution in [0.1, 0.15) is 25.8 Å². The van der Waals surface area contributed by atoms with Gasteiger partial charge in [0.05, 0.1) is 23.9 Å². The molecule has 1 atom stereocenters. The summed E-state index contributed by atoms with van der Waals surface area (Å²) in [6, 6.07) is 11.5. The van der Waals surface area contributed by atoms with Gasteiger partial charge in [-0.1, -0.05) is 40.5 Å². The van der Waals surface area contributed by atoms with Crippen LogP contribution in [-0.2, 0) is 0 Å². The summed E-state index contributed by atoms with van der Waals surface area (Å²) in [6.07, 6.45) is 2.72. The van der Waals surface area contributed by atoms with Crippen LogP contribution < -0.4 is 9.47 Å². The third kappa shape index (κ3) is 4.98. The maximum atomic E-state index is 6.35. The Labute approximate surface area is 150 Å². The zero-order chi connectivity index (χ0) is 16.8. The molecule has 0 aliphatic rings. The number of methoxy groups -OCH3 is 1. The Morgan fingerprint density at radius 3 is 2.74 bits per heavy atom. The first-order chi connectivity index (χ1) is 11.0. The van der Waals surface area contributed by atoms with Crippen LogP contribution in [0, 0.1) is 0 Å². The van der Waals surface area contributed by atoms with Crippen molar-refractivity contribution < 1.29 is 9.47 Å². The minimum atomic E-state index is 0.0718. The number of benzene rings is 2. The molecule has 0 spiro atoms. The van der Waals surface area contributed by atoms with Crippen molar-refractivity contribution in [2.75, 3.05) is 7.11 Å². The quantitative estimate of drug-likeness (QED) is 0.557. The van der Waals surface area contributed by atoms with E-state index < -0.39 is 0 Å². The molecule has 0 aromatic heterocycles. The van der Waals surface area contributed by atoms with E-state index in [0.29, 0.717) is 16.5 Å². The molecule has 0 aliphatic heterocycles. The predicted octanol–water partition coefficient (Wildman–Crippen LogP) is 6.04. The number of hydrogen-bond donors (Lipinski definition) is 0. The first kappa shape index (κ1) is 17.8. The van der Waals surface area contributed by atoms with Gasteiger partial charge in [0.15, 0.2) is 11.5 Å². The number of aliphatic imine (C=N–C) groups is 1. The lowest BCUT2D eigenvalue weighted by atomic mass is 10.2. The predicted molar refractivity (Wildman–Crippen MR) is 99.8 cm³/mol. The van der Waals surface area contributed by atoms with Crippen molar-refractivity contribution >= 4 is 39.4 Å². The highest BCUT2D eigenvalue weighted by Crippen LogP contribution is 2.37. The largest absolute Gasteiger partial charge is 0.493 e. The molecule has 0 saturated heterocycles. The molecule has 0 heterocycles. The Bertz CT molecular complexity index is 703. The lowest BCUT2D eigenvalue weighted by molar-refractivity contribution is 0.208. The van der Waals surface area contributed by atoms with Crippen molar-refractivity contribution in [3.63, 3.8) is 0 Å². The standard InChI is InChI=1S/C18H19BrClNO2/c1-4-12(2)23-18-16(20)8-13(9-17(18)22-3)11-21-15-7-5-6-14(19)10-15/h5-12H,4H2,1-3H3/t12-/m1/s1. The summed E-state index contributed by atoms with van der Waals surface area (Å²) >= 11 is 9.78. The highest BCUT2D eigenvalue weighted by molar-refractivity contribution is 9.10. The molecule has 0 saturated carbocycles. The van der Waals surface area contributed by atoms with Crippen LogP contribution in [0.15, 0.2) is 45.9 Å². The molecular formula is C18H19BrClNO2. The molecule has 0 fully saturated rings. The third-order valence-electron chi connectivity index (χ3n) is 3.32. The van der Waals surface area contributed by atoms with Crippen LogP contribution in [-0.4, -0.2) is 19.4 Å². The van der Waals surface area contributed by atoms with Crippen molar-refractivity contribution in [3.8, 4) is 11.5 Å². The van der Waals surface area contributed by atoms with E-state index in [2.05, 4.69) is 27.8 Å². The van der Waals surface area contributed by atoms with Crippen LogP contribution in [0.25, 0.3) is 0 Å². The van der Waals surface area contributed by atoms with E-state index in [9.17, 15) is 0 Å². The summed E-state index contributed by atoms with van der Waals surface area (Å²) in [5.74, 6) is 1.18. The van der Waals surface area contributed by atoms with Gasteiger partial charge in [0.1, 0.15) is 0 Å². The van der Waals surface area contributed by atoms with Gasteiger partial charge in [0.2, 0.25) is 0 Å². The van der Waals surface area contributed by atoms with Crippen LogP contribution in [0.3, 0.4) is 0 Å². The van der Waals surface area contributed by atoms with Gasteiger partial charge in [-0.05, 0) is 49.2 Å². The van der Waals surface area contributed by atoms with E-state index in [1.165, 1.54) is 0 Å². The topological polar surface area (TPSA) is 30.8 Å². The molecule has 23 heavy (non-hydrogen) atoms. The number of ether oxygens (including phenoxy) is 2. The molecule has 3 nitrogen and oxygen atoms in total. The van der Waals surface area contributed by atoms with Crippen molar-refractivity contribution in [1.29, 1.82) is 0 Å². The SMILES string of the molecule is CC[C@@H](C)Oc1c(Cl)cc(C=Nc2cccc(Br)c2)cc1OC. The van der Waals surface area contributed by atoms with Crippen LogP contribution in [0.2, 0.25) is 5.02 Å². The minimum Gasteiger partial charge on any atom is -0.493 e. The number of nitrogens with zero attached hydrogens (tertiary/aromatic N) is 1.